The van der Waals surface area contributed by atoms with Gasteiger partial charge in [-0.25, -0.2) is 13.4 Å². The Hall–Kier alpha value is -1.36. The molecule has 0 atom stereocenters. The number of allylic oxidation sites excluding steroid dienone is 1. The van der Waals surface area contributed by atoms with E-state index in [-0.39, 0.29) is 4.90 Å². The molecule has 0 saturated carbocycles. The van der Waals surface area contributed by atoms with Gasteiger partial charge in [0, 0.05) is 19.0 Å². The van der Waals surface area contributed by atoms with Gasteiger partial charge in [-0.05, 0) is 44.2 Å². The first kappa shape index (κ1) is 14.1. The van der Waals surface area contributed by atoms with E-state index in [4.69, 9.17) is 0 Å². The van der Waals surface area contributed by atoms with E-state index >= 15 is 0 Å². The van der Waals surface area contributed by atoms with Crippen molar-refractivity contribution in [3.05, 3.63) is 30.0 Å². The highest BCUT2D eigenvalue weighted by Crippen LogP contribution is 2.21. The first-order valence-electron chi connectivity index (χ1n) is 6.64. The van der Waals surface area contributed by atoms with Gasteiger partial charge in [-0.1, -0.05) is 11.6 Å². The van der Waals surface area contributed by atoms with Crippen molar-refractivity contribution in [2.75, 3.05) is 18.1 Å². The SMILES string of the molecule is CS(=O)(=O)c1cccnc1NCCC1=CCCCC1. The van der Waals surface area contributed by atoms with Gasteiger partial charge in [-0.3, -0.25) is 0 Å². The molecule has 0 radical (unpaired) electrons. The molecule has 5 heteroatoms. The average Bonchev–Trinajstić information content (AvgIpc) is 2.39. The summed E-state index contributed by atoms with van der Waals surface area (Å²) in [4.78, 5) is 4.39. The number of anilines is 1. The van der Waals surface area contributed by atoms with E-state index < -0.39 is 9.84 Å². The molecule has 4 nitrogen and oxygen atoms in total. The summed E-state index contributed by atoms with van der Waals surface area (Å²) in [6.07, 6.45) is 11.0. The molecule has 0 amide bonds. The van der Waals surface area contributed by atoms with Crippen LogP contribution in [0.4, 0.5) is 5.82 Å². The molecular weight excluding hydrogens is 260 g/mol. The van der Waals surface area contributed by atoms with Crippen LogP contribution < -0.4 is 5.32 Å². The van der Waals surface area contributed by atoms with Crippen molar-refractivity contribution in [1.82, 2.24) is 4.98 Å². The van der Waals surface area contributed by atoms with Crippen LogP contribution in [0.25, 0.3) is 0 Å². The quantitative estimate of drug-likeness (QED) is 0.843. The highest BCUT2D eigenvalue weighted by molar-refractivity contribution is 7.90. The van der Waals surface area contributed by atoms with Crippen LogP contribution in [0.15, 0.2) is 34.9 Å². The maximum Gasteiger partial charge on any atom is 0.179 e. The van der Waals surface area contributed by atoms with Crippen molar-refractivity contribution in [2.45, 2.75) is 37.0 Å². The van der Waals surface area contributed by atoms with Gasteiger partial charge >= 0.3 is 0 Å². The number of aromatic nitrogens is 1. The van der Waals surface area contributed by atoms with Crippen molar-refractivity contribution >= 4 is 15.7 Å². The summed E-state index contributed by atoms with van der Waals surface area (Å²) < 4.78 is 23.3. The predicted octanol–water partition coefficient (Wildman–Crippen LogP) is 2.79. The third-order valence-corrected chi connectivity index (χ3v) is 4.42. The van der Waals surface area contributed by atoms with Crippen LogP contribution in [-0.2, 0) is 9.84 Å². The van der Waals surface area contributed by atoms with Crippen LogP contribution in [0.2, 0.25) is 0 Å². The van der Waals surface area contributed by atoms with E-state index in [0.29, 0.717) is 5.82 Å². The standard InChI is InChI=1S/C14H20N2O2S/c1-19(17,18)13-8-5-10-15-14(13)16-11-9-12-6-3-2-4-7-12/h5-6,8,10H,2-4,7,9,11H2,1H3,(H,15,16). The molecule has 0 bridgehead atoms. The summed E-state index contributed by atoms with van der Waals surface area (Å²) in [7, 11) is -3.23. The topological polar surface area (TPSA) is 59.1 Å². The second kappa shape index (κ2) is 6.19. The molecule has 1 aliphatic rings. The number of nitrogens with one attached hydrogen (secondary N) is 1. The smallest absolute Gasteiger partial charge is 0.179 e. The van der Waals surface area contributed by atoms with Crippen molar-refractivity contribution in [3.63, 3.8) is 0 Å². The van der Waals surface area contributed by atoms with Gasteiger partial charge in [-0.2, -0.15) is 0 Å². The second-order valence-electron chi connectivity index (χ2n) is 4.91. The minimum absolute atomic E-state index is 0.271. The van der Waals surface area contributed by atoms with E-state index in [2.05, 4.69) is 16.4 Å². The molecule has 0 aromatic carbocycles. The fourth-order valence-corrected chi connectivity index (χ4v) is 3.10. The number of rotatable bonds is 5. The zero-order valence-electron chi connectivity index (χ0n) is 11.2. The van der Waals surface area contributed by atoms with Crippen molar-refractivity contribution in [1.29, 1.82) is 0 Å². The van der Waals surface area contributed by atoms with Crippen molar-refractivity contribution < 1.29 is 8.42 Å². The van der Waals surface area contributed by atoms with Gasteiger partial charge in [0.15, 0.2) is 9.84 Å². The number of hydrogen-bond donors (Lipinski definition) is 1. The Balaban J connectivity index is 1.98. The molecule has 0 aliphatic heterocycles. The van der Waals surface area contributed by atoms with Crippen molar-refractivity contribution in [3.8, 4) is 0 Å². The molecule has 1 N–H and O–H groups in total. The Kier molecular flexibility index (Phi) is 4.58. The van der Waals surface area contributed by atoms with E-state index in [9.17, 15) is 8.42 Å². The molecule has 0 saturated heterocycles. The molecule has 2 rings (SSSR count). The lowest BCUT2D eigenvalue weighted by Crippen LogP contribution is -2.10. The number of nitrogens with zero attached hydrogens (tertiary/aromatic N) is 1. The first-order valence-corrected chi connectivity index (χ1v) is 8.53. The molecule has 1 aromatic rings. The third kappa shape index (κ3) is 4.06. The first-order chi connectivity index (χ1) is 9.07. The monoisotopic (exact) mass is 280 g/mol. The Bertz CT molecular complexity index is 565. The minimum atomic E-state index is -3.23. The molecule has 0 spiro atoms. The van der Waals surface area contributed by atoms with Gasteiger partial charge in [0.25, 0.3) is 0 Å². The largest absolute Gasteiger partial charge is 0.369 e. The molecule has 1 aromatic heterocycles. The third-order valence-electron chi connectivity index (χ3n) is 3.29. The number of pyridine rings is 1. The van der Waals surface area contributed by atoms with Crippen LogP contribution >= 0.6 is 0 Å². The van der Waals surface area contributed by atoms with E-state index in [0.717, 1.165) is 13.0 Å². The second-order valence-corrected chi connectivity index (χ2v) is 6.89. The lowest BCUT2D eigenvalue weighted by Gasteiger charge is -2.14. The zero-order chi connectivity index (χ0) is 13.7. The van der Waals surface area contributed by atoms with E-state index in [1.54, 1.807) is 18.3 Å². The molecule has 19 heavy (non-hydrogen) atoms. The van der Waals surface area contributed by atoms with Gasteiger partial charge in [-0.15, -0.1) is 0 Å². The lowest BCUT2D eigenvalue weighted by atomic mass is 9.97. The van der Waals surface area contributed by atoms with Crippen LogP contribution in [0.5, 0.6) is 0 Å². The summed E-state index contributed by atoms with van der Waals surface area (Å²) >= 11 is 0. The normalized spacial score (nSPS) is 15.9. The maximum absolute atomic E-state index is 11.6. The van der Waals surface area contributed by atoms with Gasteiger partial charge in [0.1, 0.15) is 10.7 Å². The van der Waals surface area contributed by atoms with Crippen LogP contribution in [-0.4, -0.2) is 26.2 Å². The van der Waals surface area contributed by atoms with Crippen LogP contribution in [0, 0.1) is 0 Å². The number of sulfone groups is 1. The number of hydrogen-bond acceptors (Lipinski definition) is 4. The fourth-order valence-electron chi connectivity index (χ4n) is 2.30. The lowest BCUT2D eigenvalue weighted by molar-refractivity contribution is 0.601. The molecule has 104 valence electrons. The summed E-state index contributed by atoms with van der Waals surface area (Å²) in [6.45, 7) is 0.728. The van der Waals surface area contributed by atoms with Crippen molar-refractivity contribution in [2.24, 2.45) is 0 Å². The molecular formula is C14H20N2O2S. The summed E-state index contributed by atoms with van der Waals surface area (Å²) in [5, 5.41) is 3.14. The molecule has 1 aliphatic carbocycles. The average molecular weight is 280 g/mol. The molecule has 0 fully saturated rings. The summed E-state index contributed by atoms with van der Waals surface area (Å²) in [5.74, 6) is 0.460. The molecule has 0 unspecified atom stereocenters. The Morgan fingerprint density at radius 3 is 2.89 bits per heavy atom. The molecule has 1 heterocycles. The fraction of sp³-hybridized carbons (Fsp3) is 0.500. The summed E-state index contributed by atoms with van der Waals surface area (Å²) in [5.41, 5.74) is 1.47. The van der Waals surface area contributed by atoms with Gasteiger partial charge in [0.05, 0.1) is 0 Å². The summed E-state index contributed by atoms with van der Waals surface area (Å²) in [6, 6.07) is 3.23. The van der Waals surface area contributed by atoms with Gasteiger partial charge < -0.3 is 5.32 Å². The van der Waals surface area contributed by atoms with Gasteiger partial charge in [0.2, 0.25) is 0 Å². The minimum Gasteiger partial charge on any atom is -0.369 e. The highest BCUT2D eigenvalue weighted by atomic mass is 32.2. The maximum atomic E-state index is 11.6. The Morgan fingerprint density at radius 1 is 1.37 bits per heavy atom. The van der Waals surface area contributed by atoms with Crippen LogP contribution in [0.3, 0.4) is 0 Å². The zero-order valence-corrected chi connectivity index (χ0v) is 12.0. The Morgan fingerprint density at radius 2 is 2.21 bits per heavy atom. The Labute approximate surface area is 114 Å². The van der Waals surface area contributed by atoms with E-state index in [1.807, 2.05) is 0 Å². The highest BCUT2D eigenvalue weighted by Gasteiger charge is 2.13. The predicted molar refractivity (Wildman–Crippen MR) is 77.0 cm³/mol. The van der Waals surface area contributed by atoms with E-state index in [1.165, 1.54) is 37.5 Å². The van der Waals surface area contributed by atoms with Crippen LogP contribution in [0.1, 0.15) is 32.1 Å².